The number of nitrogens with one attached hydrogen (secondary N) is 1. The van der Waals surface area contributed by atoms with Gasteiger partial charge in [0.2, 0.25) is 11.8 Å². The van der Waals surface area contributed by atoms with E-state index >= 15 is 0 Å². The molecule has 0 saturated carbocycles. The molecular weight excluding hydrogens is 352 g/mol. The quantitative estimate of drug-likeness (QED) is 0.791. The first-order valence-corrected chi connectivity index (χ1v) is 10.1. The number of likely N-dealkylation sites (tertiary alicyclic amines) is 2. The molecule has 26 heavy (non-hydrogen) atoms. The van der Waals surface area contributed by atoms with Gasteiger partial charge in [-0.2, -0.15) is 0 Å². The monoisotopic (exact) mass is 386 g/mol. The van der Waals surface area contributed by atoms with Gasteiger partial charge in [-0.1, -0.05) is 6.92 Å². The van der Waals surface area contributed by atoms with Gasteiger partial charge in [0.15, 0.2) is 0 Å². The van der Waals surface area contributed by atoms with Crippen molar-refractivity contribution < 1.29 is 9.59 Å². The van der Waals surface area contributed by atoms with Crippen LogP contribution in [0.1, 0.15) is 39.5 Å². The summed E-state index contributed by atoms with van der Waals surface area (Å²) in [5.74, 6) is 1.30. The smallest absolute Gasteiger partial charge is 0.236 e. The SMILES string of the molecule is CC1CCCN(C(=O)C2CCN(C(=O)CN3CCNC[C@@H]3C)CC2)C1.Cl. The minimum atomic E-state index is 0. The van der Waals surface area contributed by atoms with Gasteiger partial charge < -0.3 is 15.1 Å². The van der Waals surface area contributed by atoms with Crippen LogP contribution in [0.25, 0.3) is 0 Å². The number of hydrogen-bond acceptors (Lipinski definition) is 4. The molecule has 0 radical (unpaired) electrons. The molecule has 1 N–H and O–H groups in total. The summed E-state index contributed by atoms with van der Waals surface area (Å²) in [4.78, 5) is 31.7. The molecule has 0 aromatic heterocycles. The van der Waals surface area contributed by atoms with Gasteiger partial charge in [-0.25, -0.2) is 0 Å². The molecule has 1 unspecified atom stereocenters. The number of rotatable bonds is 3. The molecule has 6 nitrogen and oxygen atoms in total. The second kappa shape index (κ2) is 9.90. The van der Waals surface area contributed by atoms with Crippen molar-refractivity contribution in [3.8, 4) is 0 Å². The highest BCUT2D eigenvalue weighted by Crippen LogP contribution is 2.23. The molecule has 2 atom stereocenters. The highest BCUT2D eigenvalue weighted by molar-refractivity contribution is 5.85. The van der Waals surface area contributed by atoms with Crippen LogP contribution in [0.2, 0.25) is 0 Å². The Balaban J connectivity index is 0.00000243. The molecule has 0 aromatic carbocycles. The number of piperazine rings is 1. The lowest BCUT2D eigenvalue weighted by atomic mass is 9.92. The van der Waals surface area contributed by atoms with Crippen molar-refractivity contribution in [1.82, 2.24) is 20.0 Å². The lowest BCUT2D eigenvalue weighted by molar-refractivity contribution is -0.142. The number of halogens is 1. The maximum absolute atomic E-state index is 12.7. The van der Waals surface area contributed by atoms with E-state index in [2.05, 4.69) is 29.0 Å². The Kier molecular flexibility index (Phi) is 8.17. The fraction of sp³-hybridized carbons (Fsp3) is 0.895. The first-order valence-electron chi connectivity index (χ1n) is 10.1. The second-order valence-corrected chi connectivity index (χ2v) is 8.21. The van der Waals surface area contributed by atoms with Crippen molar-refractivity contribution in [1.29, 1.82) is 0 Å². The predicted octanol–water partition coefficient (Wildman–Crippen LogP) is 1.20. The molecule has 3 heterocycles. The van der Waals surface area contributed by atoms with Crippen molar-refractivity contribution >= 4 is 24.2 Å². The van der Waals surface area contributed by atoms with Crippen LogP contribution in [-0.4, -0.2) is 84.9 Å². The minimum Gasteiger partial charge on any atom is -0.342 e. The van der Waals surface area contributed by atoms with Crippen molar-refractivity contribution in [2.24, 2.45) is 11.8 Å². The summed E-state index contributed by atoms with van der Waals surface area (Å²) in [5.41, 5.74) is 0. The largest absolute Gasteiger partial charge is 0.342 e. The van der Waals surface area contributed by atoms with Crippen LogP contribution < -0.4 is 5.32 Å². The summed E-state index contributed by atoms with van der Waals surface area (Å²) in [6.45, 7) is 11.1. The molecule has 3 aliphatic rings. The van der Waals surface area contributed by atoms with Gasteiger partial charge >= 0.3 is 0 Å². The molecule has 3 saturated heterocycles. The van der Waals surface area contributed by atoms with E-state index in [1.807, 2.05) is 4.90 Å². The molecule has 3 rings (SSSR count). The van der Waals surface area contributed by atoms with Crippen molar-refractivity contribution in [2.45, 2.75) is 45.6 Å². The Labute approximate surface area is 164 Å². The third kappa shape index (κ3) is 5.33. The zero-order valence-electron chi connectivity index (χ0n) is 16.3. The maximum Gasteiger partial charge on any atom is 0.236 e. The van der Waals surface area contributed by atoms with E-state index in [1.54, 1.807) is 0 Å². The van der Waals surface area contributed by atoms with E-state index in [1.165, 1.54) is 6.42 Å². The van der Waals surface area contributed by atoms with Crippen molar-refractivity contribution in [3.05, 3.63) is 0 Å². The number of piperidine rings is 2. The van der Waals surface area contributed by atoms with Gasteiger partial charge in [-0.3, -0.25) is 14.5 Å². The summed E-state index contributed by atoms with van der Waals surface area (Å²) in [7, 11) is 0. The highest BCUT2D eigenvalue weighted by atomic mass is 35.5. The average Bonchev–Trinajstić information content (AvgIpc) is 2.63. The molecule has 0 aliphatic carbocycles. The van der Waals surface area contributed by atoms with E-state index in [4.69, 9.17) is 0 Å². The van der Waals surface area contributed by atoms with E-state index < -0.39 is 0 Å². The third-order valence-electron chi connectivity index (χ3n) is 6.14. The minimum absolute atomic E-state index is 0. The number of amides is 2. The third-order valence-corrected chi connectivity index (χ3v) is 6.14. The van der Waals surface area contributed by atoms with Crippen LogP contribution in [0, 0.1) is 11.8 Å². The van der Waals surface area contributed by atoms with Crippen molar-refractivity contribution in [3.63, 3.8) is 0 Å². The Morgan fingerprint density at radius 1 is 1.00 bits per heavy atom. The van der Waals surface area contributed by atoms with Gasteiger partial charge in [-0.05, 0) is 38.5 Å². The summed E-state index contributed by atoms with van der Waals surface area (Å²) in [5, 5.41) is 3.36. The normalized spacial score (nSPS) is 28.5. The summed E-state index contributed by atoms with van der Waals surface area (Å²) < 4.78 is 0. The van der Waals surface area contributed by atoms with Crippen LogP contribution in [-0.2, 0) is 9.59 Å². The topological polar surface area (TPSA) is 55.9 Å². The molecule has 7 heteroatoms. The van der Waals surface area contributed by atoms with Gasteiger partial charge in [0, 0.05) is 57.8 Å². The van der Waals surface area contributed by atoms with E-state index in [9.17, 15) is 9.59 Å². The Morgan fingerprint density at radius 2 is 1.73 bits per heavy atom. The number of hydrogen-bond donors (Lipinski definition) is 1. The average molecular weight is 387 g/mol. The van der Waals surface area contributed by atoms with Crippen LogP contribution in [0.15, 0.2) is 0 Å². The maximum atomic E-state index is 12.7. The fourth-order valence-corrected chi connectivity index (χ4v) is 4.42. The lowest BCUT2D eigenvalue weighted by Crippen LogP contribution is -2.54. The molecule has 3 aliphatic heterocycles. The number of carbonyl (C=O) groups is 2. The van der Waals surface area contributed by atoms with Gasteiger partial charge in [0.1, 0.15) is 0 Å². The van der Waals surface area contributed by atoms with Gasteiger partial charge in [0.05, 0.1) is 6.54 Å². The van der Waals surface area contributed by atoms with Crippen LogP contribution in [0.5, 0.6) is 0 Å². The zero-order chi connectivity index (χ0) is 17.8. The molecule has 0 aromatic rings. The Bertz CT molecular complexity index is 482. The molecule has 0 spiro atoms. The van der Waals surface area contributed by atoms with Crippen molar-refractivity contribution in [2.75, 3.05) is 52.4 Å². The standard InChI is InChI=1S/C19H34N4O2.ClH/c1-15-4-3-8-23(13-15)19(25)17-5-9-21(10-6-17)18(24)14-22-11-7-20-12-16(22)2;/h15-17,20H,3-14H2,1-2H3;1H/t15?,16-;/m0./s1. The Hall–Kier alpha value is -0.850. The lowest BCUT2D eigenvalue weighted by Gasteiger charge is -2.38. The molecule has 0 bridgehead atoms. The first-order chi connectivity index (χ1) is 12.0. The van der Waals surface area contributed by atoms with E-state index in [0.29, 0.717) is 24.4 Å². The predicted molar refractivity (Wildman–Crippen MR) is 105 cm³/mol. The van der Waals surface area contributed by atoms with Crippen LogP contribution in [0.4, 0.5) is 0 Å². The fourth-order valence-electron chi connectivity index (χ4n) is 4.42. The molecule has 150 valence electrons. The molecular formula is C19H35ClN4O2. The zero-order valence-corrected chi connectivity index (χ0v) is 17.1. The molecule has 2 amide bonds. The second-order valence-electron chi connectivity index (χ2n) is 8.21. The summed E-state index contributed by atoms with van der Waals surface area (Å²) >= 11 is 0. The number of nitrogens with zero attached hydrogens (tertiary/aromatic N) is 3. The highest BCUT2D eigenvalue weighted by Gasteiger charge is 2.32. The van der Waals surface area contributed by atoms with Crippen LogP contribution in [0.3, 0.4) is 0 Å². The Morgan fingerprint density at radius 3 is 2.38 bits per heavy atom. The number of carbonyl (C=O) groups excluding carboxylic acids is 2. The molecule has 3 fully saturated rings. The van der Waals surface area contributed by atoms with E-state index in [-0.39, 0.29) is 24.2 Å². The summed E-state index contributed by atoms with van der Waals surface area (Å²) in [6, 6.07) is 0.415. The summed E-state index contributed by atoms with van der Waals surface area (Å²) in [6.07, 6.45) is 4.02. The van der Waals surface area contributed by atoms with Gasteiger partial charge in [0.25, 0.3) is 0 Å². The van der Waals surface area contributed by atoms with Gasteiger partial charge in [-0.15, -0.1) is 12.4 Å². The van der Waals surface area contributed by atoms with E-state index in [0.717, 1.165) is 65.1 Å². The first kappa shape index (κ1) is 21.5. The van der Waals surface area contributed by atoms with Crippen LogP contribution >= 0.6 is 12.4 Å².